The highest BCUT2D eigenvalue weighted by Crippen LogP contribution is 2.27. The Morgan fingerprint density at radius 2 is 0.912 bits per heavy atom. The molecule has 0 atom stereocenters. The maximum absolute atomic E-state index is 5.62. The molecule has 0 aliphatic carbocycles. The van der Waals surface area contributed by atoms with Crippen molar-refractivity contribution in [3.8, 4) is 0 Å². The van der Waals surface area contributed by atoms with Crippen LogP contribution in [0.4, 0.5) is 17.1 Å². The summed E-state index contributed by atoms with van der Waals surface area (Å²) in [6.45, 7) is 0. The van der Waals surface area contributed by atoms with Gasteiger partial charge in [0.25, 0.3) is 0 Å². The molecule has 3 aromatic rings. The van der Waals surface area contributed by atoms with Crippen molar-refractivity contribution in [2.45, 2.75) is 0 Å². The van der Waals surface area contributed by atoms with Crippen LogP contribution in [0.25, 0.3) is 0 Å². The normalized spacial score (nSPS) is 9.24. The molecule has 0 amide bonds. The molecule has 3 rings (SSSR count). The number of hydrogen-bond acceptors (Lipinski definition) is 4. The molecule has 5 nitrogen and oxygen atoms in total. The zero-order valence-electron chi connectivity index (χ0n) is 16.3. The molecule has 0 aliphatic heterocycles. The van der Waals surface area contributed by atoms with Gasteiger partial charge in [-0.2, -0.15) is 5.53 Å². The lowest BCUT2D eigenvalue weighted by Gasteiger charge is -2.04. The molecule has 34 heavy (non-hydrogen) atoms. The number of halogens is 11. The molecular weight excluding hydrogens is 1500 g/mol. The maximum Gasteiger partial charge on any atom is 0.132 e. The molecule has 0 radical (unpaired) electrons. The third kappa shape index (κ3) is 14.0. The summed E-state index contributed by atoms with van der Waals surface area (Å²) in [6.07, 6.45) is 0. The van der Waals surface area contributed by atoms with Crippen molar-refractivity contribution in [1.82, 2.24) is 0 Å². The minimum absolute atomic E-state index is 0. The first-order valence-electron chi connectivity index (χ1n) is 7.97. The Bertz CT molecular complexity index is 1050. The van der Waals surface area contributed by atoms with E-state index in [0.717, 1.165) is 17.1 Å². The number of nitrogens with one attached hydrogen (secondary N) is 1. The van der Waals surface area contributed by atoms with Gasteiger partial charge in [0.1, 0.15) is 5.69 Å². The number of anilines is 2. The first-order chi connectivity index (χ1) is 14.9. The van der Waals surface area contributed by atoms with Crippen molar-refractivity contribution in [2.75, 3.05) is 11.2 Å². The fraction of sp³-hybridized carbons (Fsp3) is 0. The third-order valence-corrected chi connectivity index (χ3v) is 18.1. The maximum atomic E-state index is 5.62. The van der Waals surface area contributed by atoms with Crippen LogP contribution in [0.2, 0.25) is 0 Å². The van der Waals surface area contributed by atoms with Crippen molar-refractivity contribution in [1.29, 1.82) is 0 Å². The smallest absolute Gasteiger partial charge is 0.132 e. The van der Waals surface area contributed by atoms with E-state index in [0.29, 0.717) is 0 Å². The molecular formula is C18H14Cl2I9N5. The fourth-order valence-electron chi connectivity index (χ4n) is 1.83. The molecule has 188 valence electrons. The van der Waals surface area contributed by atoms with Crippen LogP contribution in [0.1, 0.15) is 0 Å². The summed E-state index contributed by atoms with van der Waals surface area (Å²) in [4.78, 5) is 0. The summed E-state index contributed by atoms with van der Waals surface area (Å²) in [7, 11) is 0. The predicted octanol–water partition coefficient (Wildman–Crippen LogP) is 5.64. The monoisotopic (exact) mass is 1510 g/mol. The van der Waals surface area contributed by atoms with Crippen LogP contribution in [-0.4, -0.2) is 0 Å². The van der Waals surface area contributed by atoms with Crippen LogP contribution in [0.5, 0.6) is 0 Å². The van der Waals surface area contributed by atoms with Crippen LogP contribution >= 0.6 is 216 Å². The van der Waals surface area contributed by atoms with Crippen LogP contribution in [0.3, 0.4) is 0 Å². The molecule has 3 aromatic carbocycles. The van der Waals surface area contributed by atoms with Crippen molar-refractivity contribution in [2.24, 2.45) is 11.0 Å². The zero-order valence-corrected chi connectivity index (χ0v) is 37.3. The Kier molecular flexibility index (Phi) is 24.5. The molecule has 0 heterocycles. The number of hydrazine groups is 1. The Balaban J connectivity index is 0. The van der Waals surface area contributed by atoms with Gasteiger partial charge in [0.05, 0.1) is 5.69 Å². The number of nitrogen functional groups attached to an aromatic ring is 2. The second kappa shape index (κ2) is 20.8. The van der Waals surface area contributed by atoms with E-state index in [2.05, 4.69) is 214 Å². The average molecular weight is 1510 g/mol. The van der Waals surface area contributed by atoms with Crippen molar-refractivity contribution < 1.29 is 17.9 Å². The van der Waals surface area contributed by atoms with E-state index in [1.54, 1.807) is 0 Å². The van der Waals surface area contributed by atoms with E-state index in [1.165, 1.54) is 32.1 Å². The Hall–Kier alpha value is 3.97. The summed E-state index contributed by atoms with van der Waals surface area (Å²) >= 11 is 20.6. The van der Waals surface area contributed by atoms with Crippen LogP contribution in [0.15, 0.2) is 41.5 Å². The van der Waals surface area contributed by atoms with Gasteiger partial charge in [-0.25, -0.2) is 0 Å². The number of nitrogens with two attached hydrogens (primary N) is 3. The molecule has 0 bridgehead atoms. The van der Waals surface area contributed by atoms with Crippen LogP contribution in [0, 0.1) is 32.1 Å². The summed E-state index contributed by atoms with van der Waals surface area (Å²) in [5.74, 6) is 5.28. The summed E-state index contributed by atoms with van der Waals surface area (Å²) < 4.78 is 11.1. The molecule has 0 spiro atoms. The fourth-order valence-corrected chi connectivity index (χ4v) is 8.08. The van der Waals surface area contributed by atoms with Crippen molar-refractivity contribution in [3.05, 3.63) is 68.5 Å². The highest BCUT2D eigenvalue weighted by atomic mass is 127. The van der Waals surface area contributed by atoms with Gasteiger partial charge < -0.3 is 23.6 Å². The average Bonchev–Trinajstić information content (AvgIpc) is 2.74. The van der Waals surface area contributed by atoms with E-state index < -0.39 is 0 Å². The Morgan fingerprint density at radius 1 is 0.618 bits per heavy atom. The van der Waals surface area contributed by atoms with Gasteiger partial charge in [0.2, 0.25) is 0 Å². The topological polar surface area (TPSA) is 102 Å². The number of nitrogens with zero attached hydrogens (tertiary/aromatic N) is 1. The first-order valence-corrected chi connectivity index (χ1v) is 17.7. The lowest BCUT2D eigenvalue weighted by atomic mass is 10.3. The van der Waals surface area contributed by atoms with Crippen molar-refractivity contribution >= 4 is 233 Å². The standard InChI is InChI=1S/C6H5I3N2.C6H3I3N2.C6H4I3N.2ClH/c2*7-4-1-3(11-10)2-5(8)6(4)9;7-4-1-3(10)2-5(8)6(4)9;;/h1-2,11H,10H2;1-2,10H;1-2H,10H2;2*1H. The summed E-state index contributed by atoms with van der Waals surface area (Å²) in [5.41, 5.74) is 16.0. The molecule has 0 unspecified atom stereocenters. The quantitative estimate of drug-likeness (QED) is 0.0669. The predicted molar refractivity (Wildman–Crippen MR) is 217 cm³/mol. The highest BCUT2D eigenvalue weighted by molar-refractivity contribution is 14.1. The molecule has 0 saturated carbocycles. The van der Waals surface area contributed by atoms with Crippen LogP contribution < -0.4 is 34.9 Å². The molecule has 7 N–H and O–H groups in total. The van der Waals surface area contributed by atoms with Gasteiger partial charge in [0, 0.05) is 37.8 Å². The lowest BCUT2D eigenvalue weighted by molar-refractivity contribution is -0.210. The summed E-state index contributed by atoms with van der Waals surface area (Å²) in [5, 5.41) is 3.62. The minimum Gasteiger partial charge on any atom is -1.00 e. The molecule has 16 heteroatoms. The zero-order chi connectivity index (χ0) is 24.6. The van der Waals surface area contributed by atoms with E-state index >= 15 is 0 Å². The largest absolute Gasteiger partial charge is 1.00 e. The highest BCUT2D eigenvalue weighted by Gasteiger charge is 2.04. The molecule has 0 fully saturated rings. The van der Waals surface area contributed by atoms with E-state index in [4.69, 9.17) is 17.1 Å². The second-order valence-electron chi connectivity index (χ2n) is 5.55. The summed E-state index contributed by atoms with van der Waals surface area (Å²) in [6, 6.07) is 11.9. The SMILES string of the molecule is Cl.NNc1cc(I)c(I)c(I)c1.Nc1cc(I)c(I)c(I)c1.[Cl-].[NH2+]=Nc1cc(I)c(I)c(I)c1. The first kappa shape index (κ1) is 40.1. The number of benzene rings is 3. The van der Waals surface area contributed by atoms with Gasteiger partial charge in [-0.05, 0) is 245 Å². The Labute approximate surface area is 334 Å². The van der Waals surface area contributed by atoms with E-state index in [9.17, 15) is 0 Å². The molecule has 0 aromatic heterocycles. The number of rotatable bonds is 2. The van der Waals surface area contributed by atoms with Gasteiger partial charge in [-0.15, -0.1) is 12.4 Å². The van der Waals surface area contributed by atoms with E-state index in [-0.39, 0.29) is 24.8 Å². The third-order valence-electron chi connectivity index (χ3n) is 3.27. The molecule has 0 saturated heterocycles. The minimum atomic E-state index is 0. The van der Waals surface area contributed by atoms with E-state index in [1.807, 2.05) is 36.4 Å². The molecule has 0 aliphatic rings. The van der Waals surface area contributed by atoms with Gasteiger partial charge in [0.15, 0.2) is 0 Å². The van der Waals surface area contributed by atoms with Gasteiger partial charge in [-0.1, -0.05) is 0 Å². The van der Waals surface area contributed by atoms with Crippen LogP contribution in [-0.2, 0) is 0 Å². The van der Waals surface area contributed by atoms with Gasteiger partial charge in [-0.3, -0.25) is 5.84 Å². The lowest BCUT2D eigenvalue weighted by Crippen LogP contribution is -3.00. The Morgan fingerprint density at radius 3 is 1.21 bits per heavy atom. The second-order valence-corrected chi connectivity index (χ2v) is 15.8. The van der Waals surface area contributed by atoms with Gasteiger partial charge >= 0.3 is 0 Å². The van der Waals surface area contributed by atoms with Crippen molar-refractivity contribution in [3.63, 3.8) is 0 Å². The number of hydrogen-bond donors (Lipinski definition) is 4.